The van der Waals surface area contributed by atoms with E-state index in [9.17, 15) is 26.4 Å². The highest BCUT2D eigenvalue weighted by Gasteiger charge is 2.33. The maximum atomic E-state index is 13.3. The van der Waals surface area contributed by atoms with Crippen molar-refractivity contribution in [1.82, 2.24) is 19.2 Å². The third-order valence-electron chi connectivity index (χ3n) is 7.07. The number of carbonyl (C=O) groups is 1. The molecule has 1 amide bonds. The number of hydrogen-bond donors (Lipinski definition) is 2. The van der Waals surface area contributed by atoms with Crippen molar-refractivity contribution in [2.24, 2.45) is 0 Å². The molecule has 1 saturated heterocycles. The van der Waals surface area contributed by atoms with Gasteiger partial charge in [-0.3, -0.25) is 14.5 Å². The summed E-state index contributed by atoms with van der Waals surface area (Å²) >= 11 is 1.22. The molecule has 0 bridgehead atoms. The number of para-hydroxylation sites is 2. The third-order valence-corrected chi connectivity index (χ3v) is 9.87. The quantitative estimate of drug-likeness (QED) is 0.258. The summed E-state index contributed by atoms with van der Waals surface area (Å²) in [7, 11) is -3.79. The lowest BCUT2D eigenvalue weighted by atomic mass is 10.1. The topological polar surface area (TPSA) is 117 Å². The predicted molar refractivity (Wildman–Crippen MR) is 156 cm³/mol. The number of sulfonamides is 1. The number of benzene rings is 2. The van der Waals surface area contributed by atoms with Crippen LogP contribution in [-0.4, -0.2) is 64.6 Å². The number of aryl methyl sites for hydroxylation is 1. The Balaban J connectivity index is 1.22. The van der Waals surface area contributed by atoms with Crippen molar-refractivity contribution >= 4 is 49.9 Å². The van der Waals surface area contributed by atoms with Crippen molar-refractivity contribution in [3.63, 3.8) is 0 Å². The Labute approximate surface area is 245 Å². The summed E-state index contributed by atoms with van der Waals surface area (Å²) in [4.78, 5) is 24.8. The first-order valence-corrected chi connectivity index (χ1v) is 15.7. The number of carbonyl (C=O) groups excluding carboxylic acids is 1. The number of nitrogens with zero attached hydrogens (tertiary/aromatic N) is 4. The first-order chi connectivity index (χ1) is 20.0. The molecule has 1 aliphatic rings. The van der Waals surface area contributed by atoms with Gasteiger partial charge >= 0.3 is 6.18 Å². The van der Waals surface area contributed by atoms with Gasteiger partial charge in [0, 0.05) is 29.7 Å². The van der Waals surface area contributed by atoms with E-state index < -0.39 is 27.9 Å². The number of likely N-dealkylation sites (tertiary alicyclic amines) is 1. The van der Waals surface area contributed by atoms with Crippen molar-refractivity contribution < 1.29 is 26.4 Å². The number of anilines is 2. The standard InChI is InChI=1S/C28H29F3N6O3S2/c1-18-26(25(41-35-18)16-21-17-32-23-7-2-3-8-24(23)33-21)27(38)34-19-5-4-6-20(15-19)36-42(39,40)22-9-12-37(13-10-22)14-11-28(29,30)31/h2-8,15,17,22,36H,9-14,16H2,1H3,(H,34,38). The second-order valence-corrected chi connectivity index (χ2v) is 13.0. The van der Waals surface area contributed by atoms with E-state index in [-0.39, 0.29) is 44.1 Å². The van der Waals surface area contributed by atoms with E-state index in [2.05, 4.69) is 24.4 Å². The summed E-state index contributed by atoms with van der Waals surface area (Å²) in [5.74, 6) is -0.378. The zero-order valence-corrected chi connectivity index (χ0v) is 24.3. The average molecular weight is 619 g/mol. The van der Waals surface area contributed by atoms with Gasteiger partial charge in [0.2, 0.25) is 10.0 Å². The van der Waals surface area contributed by atoms with Crippen LogP contribution in [0, 0.1) is 6.92 Å². The van der Waals surface area contributed by atoms with Crippen LogP contribution in [0.5, 0.6) is 0 Å². The fourth-order valence-electron chi connectivity index (χ4n) is 4.90. The number of nitrogens with one attached hydrogen (secondary N) is 2. The van der Waals surface area contributed by atoms with E-state index in [0.717, 1.165) is 15.9 Å². The maximum absolute atomic E-state index is 13.3. The molecule has 0 spiro atoms. The number of alkyl halides is 3. The van der Waals surface area contributed by atoms with E-state index in [1.54, 1.807) is 36.2 Å². The summed E-state index contributed by atoms with van der Waals surface area (Å²) in [6.07, 6.45) is -2.63. The SMILES string of the molecule is Cc1nsc(Cc2cnc3ccccc3n2)c1C(=O)Nc1cccc(NS(=O)(=O)C2CCN(CCC(F)(F)F)CC2)c1. The van der Waals surface area contributed by atoms with Crippen LogP contribution in [0.2, 0.25) is 0 Å². The van der Waals surface area contributed by atoms with Crippen molar-refractivity contribution in [1.29, 1.82) is 0 Å². The largest absolute Gasteiger partial charge is 0.390 e. The van der Waals surface area contributed by atoms with Gasteiger partial charge in [0.05, 0.1) is 45.3 Å². The molecular formula is C28H29F3N6O3S2. The zero-order chi connectivity index (χ0) is 29.9. The summed E-state index contributed by atoms with van der Waals surface area (Å²) < 4.78 is 70.6. The minimum atomic E-state index is -4.24. The zero-order valence-electron chi connectivity index (χ0n) is 22.7. The third kappa shape index (κ3) is 7.41. The van der Waals surface area contributed by atoms with Gasteiger partial charge in [-0.25, -0.2) is 13.4 Å². The monoisotopic (exact) mass is 618 g/mol. The second kappa shape index (κ2) is 12.3. The van der Waals surface area contributed by atoms with E-state index >= 15 is 0 Å². The molecule has 14 heteroatoms. The number of piperidine rings is 1. The van der Waals surface area contributed by atoms with Crippen LogP contribution in [-0.2, 0) is 16.4 Å². The summed E-state index contributed by atoms with van der Waals surface area (Å²) in [6.45, 7) is 2.17. The molecule has 1 aliphatic heterocycles. The highest BCUT2D eigenvalue weighted by Crippen LogP contribution is 2.27. The molecule has 0 aliphatic carbocycles. The average Bonchev–Trinajstić information content (AvgIpc) is 3.31. The van der Waals surface area contributed by atoms with Crippen LogP contribution in [0.4, 0.5) is 24.5 Å². The van der Waals surface area contributed by atoms with Crippen molar-refractivity contribution in [3.8, 4) is 0 Å². The smallest absolute Gasteiger partial charge is 0.322 e. The van der Waals surface area contributed by atoms with Crippen molar-refractivity contribution in [2.75, 3.05) is 29.7 Å². The lowest BCUT2D eigenvalue weighted by Crippen LogP contribution is -2.42. The van der Waals surface area contributed by atoms with Gasteiger partial charge in [-0.1, -0.05) is 18.2 Å². The van der Waals surface area contributed by atoms with Gasteiger partial charge in [0.25, 0.3) is 5.91 Å². The highest BCUT2D eigenvalue weighted by molar-refractivity contribution is 7.93. The van der Waals surface area contributed by atoms with Gasteiger partial charge in [-0.05, 0) is 74.7 Å². The van der Waals surface area contributed by atoms with Gasteiger partial charge in [-0.2, -0.15) is 17.5 Å². The molecule has 222 valence electrons. The first-order valence-electron chi connectivity index (χ1n) is 13.3. The number of hydrogen-bond acceptors (Lipinski definition) is 8. The number of halogens is 3. The fraction of sp³-hybridized carbons (Fsp3) is 0.357. The van der Waals surface area contributed by atoms with Crippen LogP contribution >= 0.6 is 11.5 Å². The fourth-order valence-corrected chi connectivity index (χ4v) is 7.24. The maximum Gasteiger partial charge on any atom is 0.390 e. The van der Waals surface area contributed by atoms with Crippen LogP contribution in [0.1, 0.15) is 45.9 Å². The van der Waals surface area contributed by atoms with Crippen LogP contribution < -0.4 is 10.0 Å². The molecule has 0 saturated carbocycles. The van der Waals surface area contributed by atoms with E-state index in [4.69, 9.17) is 0 Å². The molecule has 2 aromatic carbocycles. The normalized spacial score (nSPS) is 15.1. The molecule has 42 heavy (non-hydrogen) atoms. The summed E-state index contributed by atoms with van der Waals surface area (Å²) in [5, 5.41) is 2.11. The molecule has 0 radical (unpaired) electrons. The molecule has 3 heterocycles. The Kier molecular flexibility index (Phi) is 8.76. The Morgan fingerprint density at radius 1 is 1.07 bits per heavy atom. The van der Waals surface area contributed by atoms with Gasteiger partial charge in [0.15, 0.2) is 0 Å². The van der Waals surface area contributed by atoms with Gasteiger partial charge in [-0.15, -0.1) is 0 Å². The Bertz CT molecular complexity index is 1690. The molecular weight excluding hydrogens is 589 g/mol. The van der Waals surface area contributed by atoms with E-state index in [1.807, 2.05) is 24.3 Å². The second-order valence-electron chi connectivity index (χ2n) is 10.2. The molecule has 4 aromatic rings. The van der Waals surface area contributed by atoms with Gasteiger partial charge in [0.1, 0.15) is 0 Å². The Hall–Kier alpha value is -3.62. The Morgan fingerprint density at radius 2 is 1.79 bits per heavy atom. The molecule has 9 nitrogen and oxygen atoms in total. The molecule has 2 N–H and O–H groups in total. The van der Waals surface area contributed by atoms with Crippen molar-refractivity contribution in [3.05, 3.63) is 76.6 Å². The number of rotatable bonds is 9. The molecule has 0 atom stereocenters. The highest BCUT2D eigenvalue weighted by atomic mass is 32.2. The molecule has 1 fully saturated rings. The lowest BCUT2D eigenvalue weighted by Gasteiger charge is -2.31. The lowest BCUT2D eigenvalue weighted by molar-refractivity contribution is -0.138. The van der Waals surface area contributed by atoms with Gasteiger partial charge < -0.3 is 10.2 Å². The first kappa shape index (κ1) is 29.9. The summed E-state index contributed by atoms with van der Waals surface area (Å²) in [6, 6.07) is 13.9. The van der Waals surface area contributed by atoms with Crippen LogP contribution in [0.3, 0.4) is 0 Å². The number of amides is 1. The van der Waals surface area contributed by atoms with Crippen LogP contribution in [0.15, 0.2) is 54.7 Å². The summed E-state index contributed by atoms with van der Waals surface area (Å²) in [5.41, 5.74) is 3.91. The predicted octanol–water partition coefficient (Wildman–Crippen LogP) is 5.40. The van der Waals surface area contributed by atoms with E-state index in [1.165, 1.54) is 17.6 Å². The molecule has 0 unspecified atom stereocenters. The number of fused-ring (bicyclic) bond motifs is 1. The molecule has 2 aromatic heterocycles. The minimum Gasteiger partial charge on any atom is -0.322 e. The minimum absolute atomic E-state index is 0.137. The van der Waals surface area contributed by atoms with E-state index in [0.29, 0.717) is 29.1 Å². The molecule has 5 rings (SSSR count). The number of aromatic nitrogens is 3. The van der Waals surface area contributed by atoms with Crippen LogP contribution in [0.25, 0.3) is 11.0 Å². The van der Waals surface area contributed by atoms with Crippen molar-refractivity contribution in [2.45, 2.75) is 44.0 Å². The Morgan fingerprint density at radius 3 is 2.52 bits per heavy atom.